The van der Waals surface area contributed by atoms with Gasteiger partial charge in [-0.2, -0.15) is 8.78 Å². The lowest BCUT2D eigenvalue weighted by Crippen LogP contribution is -2.41. The highest BCUT2D eigenvalue weighted by atomic mass is 127. The zero-order valence-electron chi connectivity index (χ0n) is 7.99. The van der Waals surface area contributed by atoms with E-state index in [9.17, 15) is 22.4 Å². The number of rotatable bonds is 3. The molecule has 0 aliphatic rings. The van der Waals surface area contributed by atoms with Gasteiger partial charge < -0.3 is 5.32 Å². The molecule has 0 heterocycles. The third-order valence-electron chi connectivity index (χ3n) is 1.76. The number of hydrogen-bond acceptors (Lipinski definition) is 1. The Balaban J connectivity index is 2.89. The van der Waals surface area contributed by atoms with Gasteiger partial charge in [0.1, 0.15) is 0 Å². The van der Waals surface area contributed by atoms with Gasteiger partial charge in [-0.25, -0.2) is 8.78 Å². The first-order valence-corrected chi connectivity index (χ1v) is 5.63. The minimum Gasteiger partial charge on any atom is -0.320 e. The Morgan fingerprint density at radius 1 is 1.41 bits per heavy atom. The van der Waals surface area contributed by atoms with Crippen molar-refractivity contribution >= 4 is 45.8 Å². The Labute approximate surface area is 112 Å². The Bertz CT molecular complexity index is 441. The summed E-state index contributed by atoms with van der Waals surface area (Å²) in [6, 6.07) is 4.00. The van der Waals surface area contributed by atoms with E-state index < -0.39 is 18.3 Å². The Kier molecular flexibility index (Phi) is 4.59. The SMILES string of the molecule is O=C(Nc1ccc(Cl)cc1I)C(F)(F)C(F)F. The summed E-state index contributed by atoms with van der Waals surface area (Å²) < 4.78 is 49.5. The van der Waals surface area contributed by atoms with E-state index in [1.165, 1.54) is 18.2 Å². The molecule has 1 amide bonds. The number of carbonyl (C=O) groups is 1. The molecule has 0 saturated heterocycles. The summed E-state index contributed by atoms with van der Waals surface area (Å²) in [5.74, 6) is -6.77. The van der Waals surface area contributed by atoms with Crippen molar-refractivity contribution in [1.29, 1.82) is 0 Å². The van der Waals surface area contributed by atoms with Crippen molar-refractivity contribution in [2.45, 2.75) is 12.3 Å². The van der Waals surface area contributed by atoms with E-state index in [1.54, 1.807) is 27.9 Å². The first kappa shape index (κ1) is 14.5. The van der Waals surface area contributed by atoms with Crippen LogP contribution in [0, 0.1) is 3.57 Å². The molecule has 0 aliphatic carbocycles. The molecule has 0 atom stereocenters. The van der Waals surface area contributed by atoms with Crippen molar-refractivity contribution < 1.29 is 22.4 Å². The van der Waals surface area contributed by atoms with Gasteiger partial charge in [-0.05, 0) is 40.8 Å². The predicted molar refractivity (Wildman–Crippen MR) is 63.7 cm³/mol. The average molecular weight is 381 g/mol. The molecule has 8 heteroatoms. The first-order chi connectivity index (χ1) is 7.75. The number of nitrogens with one attached hydrogen (secondary N) is 1. The molecule has 1 N–H and O–H groups in total. The van der Waals surface area contributed by atoms with Crippen LogP contribution in [-0.2, 0) is 4.79 Å². The monoisotopic (exact) mass is 381 g/mol. The molecule has 0 bridgehead atoms. The lowest BCUT2D eigenvalue weighted by atomic mass is 10.3. The van der Waals surface area contributed by atoms with Gasteiger partial charge in [-0.1, -0.05) is 11.6 Å². The third kappa shape index (κ3) is 3.44. The maximum atomic E-state index is 12.6. The molecule has 1 aromatic rings. The van der Waals surface area contributed by atoms with E-state index in [0.29, 0.717) is 8.59 Å². The molecule has 0 fully saturated rings. The van der Waals surface area contributed by atoms with Gasteiger partial charge in [0.2, 0.25) is 0 Å². The summed E-state index contributed by atoms with van der Waals surface area (Å²) in [7, 11) is 0. The second-order valence-electron chi connectivity index (χ2n) is 3.00. The highest BCUT2D eigenvalue weighted by molar-refractivity contribution is 14.1. The highest BCUT2D eigenvalue weighted by Crippen LogP contribution is 2.27. The molecule has 2 nitrogen and oxygen atoms in total. The first-order valence-electron chi connectivity index (χ1n) is 4.17. The summed E-state index contributed by atoms with van der Waals surface area (Å²) in [5, 5.41) is 2.06. The minimum absolute atomic E-state index is 0.000301. The van der Waals surface area contributed by atoms with Crippen LogP contribution in [0.4, 0.5) is 23.2 Å². The molecule has 1 aromatic carbocycles. The number of carbonyl (C=O) groups excluding carboxylic acids is 1. The molecule has 0 aliphatic heterocycles. The van der Waals surface area contributed by atoms with Gasteiger partial charge in [-0.15, -0.1) is 0 Å². The molecule has 0 aromatic heterocycles. The Morgan fingerprint density at radius 3 is 2.47 bits per heavy atom. The lowest BCUT2D eigenvalue weighted by molar-refractivity contribution is -0.163. The Morgan fingerprint density at radius 2 is 2.00 bits per heavy atom. The van der Waals surface area contributed by atoms with Gasteiger partial charge in [0.05, 0.1) is 5.69 Å². The van der Waals surface area contributed by atoms with E-state index in [-0.39, 0.29) is 5.69 Å². The van der Waals surface area contributed by atoms with Crippen molar-refractivity contribution in [3.8, 4) is 0 Å². The van der Waals surface area contributed by atoms with Crippen LogP contribution in [0.2, 0.25) is 5.02 Å². The van der Waals surface area contributed by atoms with Gasteiger partial charge in [0, 0.05) is 8.59 Å². The second-order valence-corrected chi connectivity index (χ2v) is 4.60. The van der Waals surface area contributed by atoms with Crippen LogP contribution < -0.4 is 5.32 Å². The van der Waals surface area contributed by atoms with Crippen molar-refractivity contribution in [1.82, 2.24) is 0 Å². The van der Waals surface area contributed by atoms with Gasteiger partial charge in [-0.3, -0.25) is 4.79 Å². The van der Waals surface area contributed by atoms with Gasteiger partial charge in [0.15, 0.2) is 0 Å². The molecule has 0 radical (unpaired) electrons. The molecule has 0 spiro atoms. The maximum absolute atomic E-state index is 12.6. The van der Waals surface area contributed by atoms with Crippen molar-refractivity contribution in [2.24, 2.45) is 0 Å². The fourth-order valence-electron chi connectivity index (χ4n) is 0.896. The minimum atomic E-state index is -4.72. The van der Waals surface area contributed by atoms with Crippen LogP contribution in [0.15, 0.2) is 18.2 Å². The van der Waals surface area contributed by atoms with Crippen molar-refractivity contribution in [3.63, 3.8) is 0 Å². The second kappa shape index (κ2) is 5.38. The maximum Gasteiger partial charge on any atom is 0.383 e. The van der Waals surface area contributed by atoms with Crippen LogP contribution in [0.3, 0.4) is 0 Å². The van der Waals surface area contributed by atoms with Crippen LogP contribution in [0.1, 0.15) is 0 Å². The summed E-state index contributed by atoms with van der Waals surface area (Å²) in [6.45, 7) is 0. The number of anilines is 1. The lowest BCUT2D eigenvalue weighted by Gasteiger charge is -2.15. The molecular formula is C9H5ClF4INO. The zero-order chi connectivity index (χ0) is 13.2. The van der Waals surface area contributed by atoms with E-state index in [1.807, 2.05) is 0 Å². The van der Waals surface area contributed by atoms with E-state index in [2.05, 4.69) is 0 Å². The van der Waals surface area contributed by atoms with Crippen LogP contribution in [-0.4, -0.2) is 18.3 Å². The molecule has 0 unspecified atom stereocenters. The number of halogens is 6. The quantitative estimate of drug-likeness (QED) is 0.627. The van der Waals surface area contributed by atoms with Crippen LogP contribution in [0.25, 0.3) is 0 Å². The van der Waals surface area contributed by atoms with E-state index in [0.717, 1.165) is 0 Å². The molecule has 0 saturated carbocycles. The molecule has 1 rings (SSSR count). The summed E-state index contributed by atoms with van der Waals surface area (Å²) in [5.41, 5.74) is 0.000301. The molecule has 17 heavy (non-hydrogen) atoms. The average Bonchev–Trinajstić information content (AvgIpc) is 2.21. The van der Waals surface area contributed by atoms with E-state index in [4.69, 9.17) is 11.6 Å². The van der Waals surface area contributed by atoms with Gasteiger partial charge >= 0.3 is 18.3 Å². The number of hydrogen-bond donors (Lipinski definition) is 1. The molecular weight excluding hydrogens is 376 g/mol. The standard InChI is InChI=1S/C9H5ClF4INO/c10-4-1-2-6(5(15)3-4)16-8(17)9(13,14)7(11)12/h1-3,7H,(H,16,17). The summed E-state index contributed by atoms with van der Waals surface area (Å²) >= 11 is 7.34. The normalized spacial score (nSPS) is 11.7. The fraction of sp³-hybridized carbons (Fsp3) is 0.222. The van der Waals surface area contributed by atoms with Crippen LogP contribution in [0.5, 0.6) is 0 Å². The molecule has 94 valence electrons. The third-order valence-corrected chi connectivity index (χ3v) is 2.88. The van der Waals surface area contributed by atoms with E-state index >= 15 is 0 Å². The number of alkyl halides is 4. The van der Waals surface area contributed by atoms with Crippen molar-refractivity contribution in [2.75, 3.05) is 5.32 Å². The predicted octanol–water partition coefficient (Wildman–Crippen LogP) is 3.78. The zero-order valence-corrected chi connectivity index (χ0v) is 10.9. The number of amides is 1. The smallest absolute Gasteiger partial charge is 0.320 e. The summed E-state index contributed by atoms with van der Waals surface area (Å²) in [4.78, 5) is 10.9. The largest absolute Gasteiger partial charge is 0.383 e. The highest BCUT2D eigenvalue weighted by Gasteiger charge is 2.49. The van der Waals surface area contributed by atoms with Crippen LogP contribution >= 0.6 is 34.2 Å². The number of benzene rings is 1. The van der Waals surface area contributed by atoms with Gasteiger partial charge in [0.25, 0.3) is 0 Å². The topological polar surface area (TPSA) is 29.1 Å². The van der Waals surface area contributed by atoms with Crippen molar-refractivity contribution in [3.05, 3.63) is 26.8 Å². The fourth-order valence-corrected chi connectivity index (χ4v) is 1.90. The Hall–Kier alpha value is -0.570. The summed E-state index contributed by atoms with van der Waals surface area (Å²) in [6.07, 6.45) is -4.05.